The minimum absolute atomic E-state index is 0.169. The quantitative estimate of drug-likeness (QED) is 0.457. The Morgan fingerprint density at radius 2 is 2.00 bits per heavy atom. The number of carbonyl (C=O) groups excluding carboxylic acids is 1. The SMILES string of the molecule is CC(C)C1CC(OC(N)=O)CCN1c1ccc(-c2cc(-c3cnn(C)c3)cn3ncc(C#N)c23)cn1. The van der Waals surface area contributed by atoms with E-state index < -0.39 is 6.09 Å². The predicted octanol–water partition coefficient (Wildman–Crippen LogP) is 3.76. The molecule has 2 atom stereocenters. The highest BCUT2D eigenvalue weighted by molar-refractivity contribution is 5.87. The first-order valence-electron chi connectivity index (χ1n) is 11.9. The minimum atomic E-state index is -0.727. The van der Waals surface area contributed by atoms with Crippen LogP contribution >= 0.6 is 0 Å². The van der Waals surface area contributed by atoms with E-state index >= 15 is 0 Å². The van der Waals surface area contributed by atoms with Crippen molar-refractivity contribution in [3.05, 3.63) is 54.7 Å². The number of carbonyl (C=O) groups is 1. The molecule has 0 radical (unpaired) electrons. The second kappa shape index (κ2) is 9.34. The van der Waals surface area contributed by atoms with Crippen LogP contribution in [0.5, 0.6) is 0 Å². The third kappa shape index (κ3) is 4.35. The topological polar surface area (TPSA) is 127 Å². The first-order chi connectivity index (χ1) is 17.3. The molecule has 1 saturated heterocycles. The summed E-state index contributed by atoms with van der Waals surface area (Å²) in [6.45, 7) is 5.03. The average molecular weight is 485 g/mol. The highest BCUT2D eigenvalue weighted by Gasteiger charge is 2.33. The maximum atomic E-state index is 11.2. The van der Waals surface area contributed by atoms with Crippen LogP contribution in [0.2, 0.25) is 0 Å². The summed E-state index contributed by atoms with van der Waals surface area (Å²) in [6.07, 6.45) is 9.58. The summed E-state index contributed by atoms with van der Waals surface area (Å²) in [5, 5.41) is 18.4. The maximum Gasteiger partial charge on any atom is 0.404 e. The van der Waals surface area contributed by atoms with Crippen LogP contribution in [-0.2, 0) is 11.8 Å². The van der Waals surface area contributed by atoms with Crippen LogP contribution in [0.25, 0.3) is 27.8 Å². The zero-order valence-electron chi connectivity index (χ0n) is 20.5. The molecule has 1 amide bonds. The molecule has 1 fully saturated rings. The van der Waals surface area contributed by atoms with Crippen molar-refractivity contribution in [3.8, 4) is 28.3 Å². The number of aryl methyl sites for hydroxylation is 1. The molecular formula is C26H28N8O2. The van der Waals surface area contributed by atoms with Gasteiger partial charge in [0.15, 0.2) is 0 Å². The van der Waals surface area contributed by atoms with Gasteiger partial charge in [0.1, 0.15) is 18.0 Å². The van der Waals surface area contributed by atoms with Gasteiger partial charge in [-0.15, -0.1) is 0 Å². The molecule has 5 rings (SSSR count). The Morgan fingerprint density at radius 3 is 2.64 bits per heavy atom. The smallest absolute Gasteiger partial charge is 0.404 e. The molecule has 10 nitrogen and oxygen atoms in total. The lowest BCUT2D eigenvalue weighted by Crippen LogP contribution is -2.48. The number of nitriles is 1. The van der Waals surface area contributed by atoms with Gasteiger partial charge in [0, 0.05) is 73.3 Å². The van der Waals surface area contributed by atoms with Crippen LogP contribution < -0.4 is 10.6 Å². The van der Waals surface area contributed by atoms with Crippen molar-refractivity contribution < 1.29 is 9.53 Å². The fraction of sp³-hybridized carbons (Fsp3) is 0.346. The zero-order valence-corrected chi connectivity index (χ0v) is 20.5. The van der Waals surface area contributed by atoms with Crippen LogP contribution in [-0.4, -0.2) is 49.2 Å². The lowest BCUT2D eigenvalue weighted by Gasteiger charge is -2.41. The summed E-state index contributed by atoms with van der Waals surface area (Å²) in [6, 6.07) is 8.51. The van der Waals surface area contributed by atoms with E-state index in [2.05, 4.69) is 41.1 Å². The largest absolute Gasteiger partial charge is 0.446 e. The summed E-state index contributed by atoms with van der Waals surface area (Å²) in [7, 11) is 1.88. The molecule has 10 heteroatoms. The molecule has 2 unspecified atom stereocenters. The Balaban J connectivity index is 1.51. The number of ether oxygens (including phenoxy) is 1. The number of nitrogens with zero attached hydrogens (tertiary/aromatic N) is 7. The number of hydrogen-bond acceptors (Lipinski definition) is 7. The standard InChI is InChI=1S/C26H28N8O2/c1-16(2)23-9-21(36-26(28)35)6-7-33(23)24-5-4-17(11-29-24)22-8-18(20-13-30-32(3)14-20)15-34-25(22)19(10-27)12-31-34/h4-5,8,11-16,21,23H,6-7,9H2,1-3H3,(H2,28,35). The van der Waals surface area contributed by atoms with Crippen LogP contribution in [0, 0.1) is 17.2 Å². The third-order valence-corrected chi connectivity index (χ3v) is 6.77. The monoisotopic (exact) mass is 484 g/mol. The van der Waals surface area contributed by atoms with Gasteiger partial charge >= 0.3 is 6.09 Å². The van der Waals surface area contributed by atoms with E-state index in [0.717, 1.165) is 40.1 Å². The Kier molecular flexibility index (Phi) is 6.06. The molecule has 2 N–H and O–H groups in total. The Labute approximate surface area is 208 Å². The summed E-state index contributed by atoms with van der Waals surface area (Å²) < 4.78 is 8.78. The van der Waals surface area contributed by atoms with Crippen LogP contribution in [0.1, 0.15) is 32.3 Å². The predicted molar refractivity (Wildman–Crippen MR) is 135 cm³/mol. The summed E-state index contributed by atoms with van der Waals surface area (Å²) >= 11 is 0. The first-order valence-corrected chi connectivity index (χ1v) is 11.9. The Morgan fingerprint density at radius 1 is 1.17 bits per heavy atom. The van der Waals surface area contributed by atoms with E-state index in [4.69, 9.17) is 15.5 Å². The molecule has 5 heterocycles. The van der Waals surface area contributed by atoms with Crippen molar-refractivity contribution in [2.45, 2.75) is 38.8 Å². The van der Waals surface area contributed by atoms with E-state index in [1.807, 2.05) is 37.8 Å². The van der Waals surface area contributed by atoms with E-state index in [1.54, 1.807) is 21.6 Å². The molecule has 1 aliphatic heterocycles. The fourth-order valence-corrected chi connectivity index (χ4v) is 5.02. The van der Waals surface area contributed by atoms with Crippen molar-refractivity contribution in [1.82, 2.24) is 24.4 Å². The van der Waals surface area contributed by atoms with Crippen LogP contribution in [0.3, 0.4) is 0 Å². The number of primary amides is 1. The Hall–Kier alpha value is -4.39. The number of hydrogen-bond donors (Lipinski definition) is 1. The highest BCUT2D eigenvalue weighted by Crippen LogP contribution is 2.34. The molecule has 0 aliphatic carbocycles. The van der Waals surface area contributed by atoms with Crippen molar-refractivity contribution in [2.75, 3.05) is 11.4 Å². The second-order valence-corrected chi connectivity index (χ2v) is 9.50. The molecule has 4 aromatic heterocycles. The summed E-state index contributed by atoms with van der Waals surface area (Å²) in [5.41, 5.74) is 10.2. The number of fused-ring (bicyclic) bond motifs is 1. The first kappa shape index (κ1) is 23.4. The van der Waals surface area contributed by atoms with Gasteiger partial charge in [0.2, 0.25) is 0 Å². The van der Waals surface area contributed by atoms with Gasteiger partial charge in [-0.05, 0) is 24.1 Å². The molecule has 184 valence electrons. The number of anilines is 1. The molecule has 36 heavy (non-hydrogen) atoms. The van der Waals surface area contributed by atoms with Gasteiger partial charge < -0.3 is 15.4 Å². The number of aromatic nitrogens is 5. The lowest BCUT2D eigenvalue weighted by molar-refractivity contribution is 0.0768. The molecule has 0 bridgehead atoms. The molecule has 0 saturated carbocycles. The highest BCUT2D eigenvalue weighted by atomic mass is 16.6. The normalized spacial score (nSPS) is 17.9. The van der Waals surface area contributed by atoms with Gasteiger partial charge in [-0.2, -0.15) is 15.5 Å². The third-order valence-electron chi connectivity index (χ3n) is 6.77. The average Bonchev–Trinajstić information content (AvgIpc) is 3.49. The molecule has 0 aromatic carbocycles. The molecular weight excluding hydrogens is 456 g/mol. The number of nitrogens with two attached hydrogens (primary N) is 1. The lowest BCUT2D eigenvalue weighted by atomic mass is 9.91. The number of piperidine rings is 1. The summed E-state index contributed by atoms with van der Waals surface area (Å²) in [5.74, 6) is 1.20. The number of amides is 1. The van der Waals surface area contributed by atoms with Crippen LogP contribution in [0.4, 0.5) is 10.6 Å². The van der Waals surface area contributed by atoms with Crippen LogP contribution in [0.15, 0.2) is 49.2 Å². The van der Waals surface area contributed by atoms with E-state index in [-0.39, 0.29) is 12.1 Å². The van der Waals surface area contributed by atoms with Crippen molar-refractivity contribution in [2.24, 2.45) is 18.7 Å². The van der Waals surface area contributed by atoms with Crippen molar-refractivity contribution in [1.29, 1.82) is 5.26 Å². The summed E-state index contributed by atoms with van der Waals surface area (Å²) in [4.78, 5) is 18.3. The number of rotatable bonds is 5. The molecule has 1 aliphatic rings. The minimum Gasteiger partial charge on any atom is -0.446 e. The van der Waals surface area contributed by atoms with Gasteiger partial charge in [0.05, 0.1) is 23.5 Å². The van der Waals surface area contributed by atoms with E-state index in [1.165, 1.54) is 0 Å². The van der Waals surface area contributed by atoms with Gasteiger partial charge in [-0.25, -0.2) is 14.3 Å². The van der Waals surface area contributed by atoms with E-state index in [0.29, 0.717) is 24.3 Å². The zero-order chi connectivity index (χ0) is 25.4. The fourth-order valence-electron chi connectivity index (χ4n) is 5.02. The van der Waals surface area contributed by atoms with Gasteiger partial charge in [-0.1, -0.05) is 13.8 Å². The van der Waals surface area contributed by atoms with Crippen molar-refractivity contribution in [3.63, 3.8) is 0 Å². The van der Waals surface area contributed by atoms with Gasteiger partial charge in [0.25, 0.3) is 0 Å². The number of pyridine rings is 2. The van der Waals surface area contributed by atoms with Crippen molar-refractivity contribution >= 4 is 17.4 Å². The second-order valence-electron chi connectivity index (χ2n) is 9.50. The van der Waals surface area contributed by atoms with Gasteiger partial charge in [-0.3, -0.25) is 4.68 Å². The molecule has 0 spiro atoms. The van der Waals surface area contributed by atoms with E-state index in [9.17, 15) is 10.1 Å². The molecule has 4 aromatic rings. The Bertz CT molecular complexity index is 1450. The maximum absolute atomic E-state index is 11.2.